The van der Waals surface area contributed by atoms with Gasteiger partial charge in [-0.25, -0.2) is 5.43 Å². The van der Waals surface area contributed by atoms with Gasteiger partial charge in [0.1, 0.15) is 5.75 Å². The van der Waals surface area contributed by atoms with Crippen LogP contribution in [0.4, 0.5) is 0 Å². The zero-order valence-electron chi connectivity index (χ0n) is 11.1. The van der Waals surface area contributed by atoms with Gasteiger partial charge >= 0.3 is 0 Å². The zero-order chi connectivity index (χ0) is 15.2. The van der Waals surface area contributed by atoms with Crippen molar-refractivity contribution in [2.45, 2.75) is 6.92 Å². The van der Waals surface area contributed by atoms with Gasteiger partial charge in [0.15, 0.2) is 6.61 Å². The van der Waals surface area contributed by atoms with E-state index in [9.17, 15) is 4.79 Å². The number of ether oxygens (including phenoxy) is 1. The highest BCUT2D eigenvalue weighted by atomic mass is 79.9. The summed E-state index contributed by atoms with van der Waals surface area (Å²) in [5, 5.41) is 5.81. The molecule has 1 aromatic heterocycles. The molecule has 1 N–H and O–H groups in total. The number of hydrogen-bond acceptors (Lipinski definition) is 4. The lowest BCUT2D eigenvalue weighted by molar-refractivity contribution is -0.123. The molecular formula is C14H12Br2N2O2S. The first kappa shape index (κ1) is 16.2. The lowest BCUT2D eigenvalue weighted by Crippen LogP contribution is -2.24. The Balaban J connectivity index is 1.87. The largest absolute Gasteiger partial charge is 0.481 e. The number of carbonyl (C=O) groups is 1. The number of nitrogens with zero attached hydrogens (tertiary/aromatic N) is 1. The molecule has 0 saturated carbocycles. The third-order valence-corrected chi connectivity index (χ3v) is 4.40. The first-order chi connectivity index (χ1) is 10.1. The normalized spacial score (nSPS) is 10.8. The van der Waals surface area contributed by atoms with Gasteiger partial charge in [0.05, 0.1) is 15.2 Å². The summed E-state index contributed by atoms with van der Waals surface area (Å²) in [6.45, 7) is 1.87. The van der Waals surface area contributed by atoms with E-state index in [4.69, 9.17) is 4.74 Å². The van der Waals surface area contributed by atoms with Crippen molar-refractivity contribution in [1.82, 2.24) is 5.43 Å². The van der Waals surface area contributed by atoms with Crippen LogP contribution in [0.3, 0.4) is 0 Å². The van der Waals surface area contributed by atoms with Crippen LogP contribution in [-0.4, -0.2) is 18.7 Å². The predicted octanol–water partition coefficient (Wildman–Crippen LogP) is 4.11. The number of halogens is 2. The highest BCUT2D eigenvalue weighted by Crippen LogP contribution is 2.34. The standard InChI is InChI=1S/C14H12Br2N2O2S/c1-9-5-11(15)14(12(16)6-9)20-8-13(19)18-17-7-10-3-2-4-21-10/h2-7H,8H2,1H3,(H,18,19)/b17-7+. The van der Waals surface area contributed by atoms with Crippen LogP contribution in [0.5, 0.6) is 5.75 Å². The van der Waals surface area contributed by atoms with E-state index >= 15 is 0 Å². The fourth-order valence-corrected chi connectivity index (χ4v) is 3.76. The predicted molar refractivity (Wildman–Crippen MR) is 92.1 cm³/mol. The maximum absolute atomic E-state index is 11.7. The fraction of sp³-hybridized carbons (Fsp3) is 0.143. The molecule has 0 radical (unpaired) electrons. The van der Waals surface area contributed by atoms with Crippen molar-refractivity contribution in [3.8, 4) is 5.75 Å². The monoisotopic (exact) mass is 430 g/mol. The minimum Gasteiger partial charge on any atom is -0.481 e. The van der Waals surface area contributed by atoms with Gasteiger partial charge in [-0.15, -0.1) is 11.3 Å². The molecule has 0 unspecified atom stereocenters. The molecule has 0 aliphatic heterocycles. The molecule has 0 saturated heterocycles. The lowest BCUT2D eigenvalue weighted by Gasteiger charge is -2.10. The van der Waals surface area contributed by atoms with Crippen LogP contribution in [0.1, 0.15) is 10.4 Å². The molecule has 1 heterocycles. The summed E-state index contributed by atoms with van der Waals surface area (Å²) < 4.78 is 7.09. The Morgan fingerprint density at radius 1 is 1.43 bits per heavy atom. The quantitative estimate of drug-likeness (QED) is 0.572. The number of thiophene rings is 1. The highest BCUT2D eigenvalue weighted by molar-refractivity contribution is 9.11. The summed E-state index contributed by atoms with van der Waals surface area (Å²) in [5.41, 5.74) is 3.51. The maximum Gasteiger partial charge on any atom is 0.277 e. The molecule has 0 bridgehead atoms. The van der Waals surface area contributed by atoms with Crippen LogP contribution in [0.25, 0.3) is 0 Å². The van der Waals surface area contributed by atoms with Crippen molar-refractivity contribution in [3.05, 3.63) is 49.0 Å². The van der Waals surface area contributed by atoms with Crippen molar-refractivity contribution in [2.75, 3.05) is 6.61 Å². The van der Waals surface area contributed by atoms with Gasteiger partial charge in [-0.1, -0.05) is 6.07 Å². The Morgan fingerprint density at radius 3 is 2.76 bits per heavy atom. The van der Waals surface area contributed by atoms with Crippen LogP contribution in [-0.2, 0) is 4.79 Å². The van der Waals surface area contributed by atoms with Gasteiger partial charge in [0.2, 0.25) is 0 Å². The first-order valence-corrected chi connectivity index (χ1v) is 8.46. The summed E-state index contributed by atoms with van der Waals surface area (Å²) in [4.78, 5) is 12.6. The Labute approximate surface area is 143 Å². The Hall–Kier alpha value is -1.18. The van der Waals surface area contributed by atoms with Gasteiger partial charge in [0.25, 0.3) is 5.91 Å². The number of hydrogen-bond donors (Lipinski definition) is 1. The maximum atomic E-state index is 11.7. The first-order valence-electron chi connectivity index (χ1n) is 6.00. The SMILES string of the molecule is Cc1cc(Br)c(OCC(=O)N/N=C/c2cccs2)c(Br)c1. The second kappa shape index (κ2) is 7.72. The summed E-state index contributed by atoms with van der Waals surface area (Å²) in [6, 6.07) is 7.68. The summed E-state index contributed by atoms with van der Waals surface area (Å²) >= 11 is 8.37. The van der Waals surface area contributed by atoms with Crippen molar-refractivity contribution >= 4 is 55.3 Å². The average molecular weight is 432 g/mol. The molecule has 1 aromatic carbocycles. The number of benzene rings is 1. The third kappa shape index (κ3) is 4.94. The van der Waals surface area contributed by atoms with E-state index in [0.29, 0.717) is 5.75 Å². The van der Waals surface area contributed by atoms with Crippen LogP contribution in [0.2, 0.25) is 0 Å². The van der Waals surface area contributed by atoms with Crippen molar-refractivity contribution < 1.29 is 9.53 Å². The number of aryl methyl sites for hydroxylation is 1. The van der Waals surface area contributed by atoms with Gasteiger partial charge in [-0.05, 0) is 67.9 Å². The molecule has 0 spiro atoms. The number of rotatable bonds is 5. The number of carbonyl (C=O) groups excluding carboxylic acids is 1. The second-order valence-electron chi connectivity index (χ2n) is 4.15. The molecule has 7 heteroatoms. The van der Waals surface area contributed by atoms with E-state index in [-0.39, 0.29) is 12.5 Å². The number of nitrogens with one attached hydrogen (secondary N) is 1. The van der Waals surface area contributed by atoms with E-state index in [1.807, 2.05) is 36.6 Å². The van der Waals surface area contributed by atoms with Gasteiger partial charge in [-0.2, -0.15) is 5.10 Å². The minimum absolute atomic E-state index is 0.109. The summed E-state index contributed by atoms with van der Waals surface area (Å²) in [7, 11) is 0. The fourth-order valence-electron chi connectivity index (χ4n) is 1.53. The molecule has 2 aromatic rings. The summed E-state index contributed by atoms with van der Waals surface area (Å²) in [5.74, 6) is 0.278. The molecule has 0 aliphatic carbocycles. The van der Waals surface area contributed by atoms with Crippen LogP contribution in [0, 0.1) is 6.92 Å². The van der Waals surface area contributed by atoms with Crippen molar-refractivity contribution in [2.24, 2.45) is 5.10 Å². The molecule has 21 heavy (non-hydrogen) atoms. The average Bonchev–Trinajstić information content (AvgIpc) is 2.90. The van der Waals surface area contributed by atoms with E-state index < -0.39 is 0 Å². The molecule has 2 rings (SSSR count). The molecule has 0 aliphatic rings. The van der Waals surface area contributed by atoms with Crippen LogP contribution >= 0.6 is 43.2 Å². The minimum atomic E-state index is -0.317. The van der Waals surface area contributed by atoms with Crippen molar-refractivity contribution in [3.63, 3.8) is 0 Å². The second-order valence-corrected chi connectivity index (χ2v) is 6.84. The smallest absolute Gasteiger partial charge is 0.277 e. The Kier molecular flexibility index (Phi) is 5.96. The molecule has 0 fully saturated rings. The molecule has 1 amide bonds. The lowest BCUT2D eigenvalue weighted by atomic mass is 10.2. The molecule has 0 atom stereocenters. The van der Waals surface area contributed by atoms with Gasteiger partial charge in [0, 0.05) is 4.88 Å². The van der Waals surface area contributed by atoms with Crippen LogP contribution in [0.15, 0.2) is 43.7 Å². The number of amides is 1. The number of hydrazone groups is 1. The highest BCUT2D eigenvalue weighted by Gasteiger charge is 2.09. The van der Waals surface area contributed by atoms with E-state index in [1.54, 1.807) is 17.6 Å². The molecule has 110 valence electrons. The van der Waals surface area contributed by atoms with E-state index in [1.165, 1.54) is 0 Å². The Bertz CT molecular complexity index is 634. The topological polar surface area (TPSA) is 50.7 Å². The van der Waals surface area contributed by atoms with E-state index in [2.05, 4.69) is 42.4 Å². The van der Waals surface area contributed by atoms with E-state index in [0.717, 1.165) is 19.4 Å². The van der Waals surface area contributed by atoms with Gasteiger partial charge in [-0.3, -0.25) is 4.79 Å². The van der Waals surface area contributed by atoms with Crippen molar-refractivity contribution in [1.29, 1.82) is 0 Å². The van der Waals surface area contributed by atoms with Gasteiger partial charge < -0.3 is 4.74 Å². The third-order valence-electron chi connectivity index (χ3n) is 2.41. The molecule has 4 nitrogen and oxygen atoms in total. The summed E-state index contributed by atoms with van der Waals surface area (Å²) in [6.07, 6.45) is 1.60. The van der Waals surface area contributed by atoms with Crippen LogP contribution < -0.4 is 10.2 Å². The Morgan fingerprint density at radius 2 is 2.14 bits per heavy atom. The molecular weight excluding hydrogens is 420 g/mol. The zero-order valence-corrected chi connectivity index (χ0v) is 15.1.